The Labute approximate surface area is 129 Å². The minimum Gasteiger partial charge on any atom is -0.352 e. The van der Waals surface area contributed by atoms with Crippen molar-refractivity contribution in [1.29, 1.82) is 0 Å². The van der Waals surface area contributed by atoms with Crippen molar-refractivity contribution in [2.75, 3.05) is 6.54 Å². The van der Waals surface area contributed by atoms with Gasteiger partial charge in [-0.1, -0.05) is 30.3 Å². The summed E-state index contributed by atoms with van der Waals surface area (Å²) < 4.78 is 1.72. The lowest BCUT2D eigenvalue weighted by atomic mass is 10.1. The van der Waals surface area contributed by atoms with Crippen LogP contribution in [0.5, 0.6) is 0 Å². The molecule has 5 heteroatoms. The van der Waals surface area contributed by atoms with E-state index in [9.17, 15) is 4.79 Å². The second-order valence-electron chi connectivity index (χ2n) is 5.30. The van der Waals surface area contributed by atoms with Crippen LogP contribution in [0.25, 0.3) is 11.0 Å². The van der Waals surface area contributed by atoms with Crippen LogP contribution in [0, 0.1) is 6.92 Å². The summed E-state index contributed by atoms with van der Waals surface area (Å²) in [5.41, 5.74) is 3.44. The van der Waals surface area contributed by atoms with Crippen LogP contribution in [0.1, 0.15) is 21.6 Å². The van der Waals surface area contributed by atoms with E-state index in [0.717, 1.165) is 23.1 Å². The predicted octanol–water partition coefficient (Wildman–Crippen LogP) is 2.25. The van der Waals surface area contributed by atoms with Gasteiger partial charge in [-0.15, -0.1) is 0 Å². The van der Waals surface area contributed by atoms with E-state index >= 15 is 0 Å². The fourth-order valence-electron chi connectivity index (χ4n) is 2.50. The highest BCUT2D eigenvalue weighted by Gasteiger charge is 2.11. The zero-order valence-corrected chi connectivity index (χ0v) is 12.7. The maximum Gasteiger partial charge on any atom is 0.252 e. The van der Waals surface area contributed by atoms with Crippen LogP contribution in [0.4, 0.5) is 0 Å². The van der Waals surface area contributed by atoms with Crippen LogP contribution in [0.15, 0.2) is 42.6 Å². The van der Waals surface area contributed by atoms with Crippen LogP contribution >= 0.6 is 0 Å². The average molecular weight is 294 g/mol. The third-order valence-corrected chi connectivity index (χ3v) is 3.67. The van der Waals surface area contributed by atoms with E-state index < -0.39 is 0 Å². The molecule has 0 radical (unpaired) electrons. The van der Waals surface area contributed by atoms with Gasteiger partial charge >= 0.3 is 0 Å². The van der Waals surface area contributed by atoms with Gasteiger partial charge in [-0.3, -0.25) is 9.48 Å². The van der Waals surface area contributed by atoms with Crippen molar-refractivity contribution < 1.29 is 4.79 Å². The van der Waals surface area contributed by atoms with Crippen LogP contribution in [0.2, 0.25) is 0 Å². The molecule has 0 aliphatic carbocycles. The Kier molecular flexibility index (Phi) is 3.87. The molecule has 0 saturated carbocycles. The predicted molar refractivity (Wildman–Crippen MR) is 85.7 cm³/mol. The van der Waals surface area contributed by atoms with Gasteiger partial charge in [0.05, 0.1) is 11.3 Å². The number of fused-ring (bicyclic) bond motifs is 1. The fraction of sp³-hybridized carbons (Fsp3) is 0.235. The fourth-order valence-corrected chi connectivity index (χ4v) is 2.50. The number of nitrogens with one attached hydrogen (secondary N) is 1. The van der Waals surface area contributed by atoms with E-state index in [0.29, 0.717) is 12.1 Å². The summed E-state index contributed by atoms with van der Waals surface area (Å²) in [6.45, 7) is 2.52. The molecule has 0 fully saturated rings. The number of carbonyl (C=O) groups is 1. The summed E-state index contributed by atoms with van der Waals surface area (Å²) in [6.07, 6.45) is 2.41. The first kappa shape index (κ1) is 14.3. The molecule has 0 atom stereocenters. The van der Waals surface area contributed by atoms with Gasteiger partial charge in [0.1, 0.15) is 0 Å². The van der Waals surface area contributed by atoms with Gasteiger partial charge in [0.25, 0.3) is 5.91 Å². The Morgan fingerprint density at radius 1 is 1.27 bits per heavy atom. The van der Waals surface area contributed by atoms with Crippen molar-refractivity contribution in [3.63, 3.8) is 0 Å². The number of aryl methyl sites for hydroxylation is 2. The SMILES string of the molecule is Cc1nn(C)c2ncc(C(=O)NCCc3ccccc3)cc12. The number of hydrogen-bond donors (Lipinski definition) is 1. The van der Waals surface area contributed by atoms with Crippen molar-refractivity contribution in [3.05, 3.63) is 59.4 Å². The molecule has 5 nitrogen and oxygen atoms in total. The number of aromatic nitrogens is 3. The van der Waals surface area contributed by atoms with Gasteiger partial charge in [0.2, 0.25) is 0 Å². The highest BCUT2D eigenvalue weighted by molar-refractivity contribution is 5.97. The largest absolute Gasteiger partial charge is 0.352 e. The summed E-state index contributed by atoms with van der Waals surface area (Å²) >= 11 is 0. The first-order valence-corrected chi connectivity index (χ1v) is 7.26. The third-order valence-electron chi connectivity index (χ3n) is 3.67. The molecule has 0 saturated heterocycles. The number of amides is 1. The maximum atomic E-state index is 12.2. The summed E-state index contributed by atoms with van der Waals surface area (Å²) in [5.74, 6) is -0.103. The Bertz CT molecular complexity index is 808. The third kappa shape index (κ3) is 2.83. The van der Waals surface area contributed by atoms with Gasteiger partial charge < -0.3 is 5.32 Å². The topological polar surface area (TPSA) is 59.8 Å². The number of rotatable bonds is 4. The summed E-state index contributed by atoms with van der Waals surface area (Å²) in [6, 6.07) is 11.9. The van der Waals surface area contributed by atoms with E-state index in [2.05, 4.69) is 27.5 Å². The van der Waals surface area contributed by atoms with E-state index in [1.807, 2.05) is 38.2 Å². The van der Waals surface area contributed by atoms with Crippen molar-refractivity contribution in [2.24, 2.45) is 7.05 Å². The van der Waals surface area contributed by atoms with Gasteiger partial charge in [-0.25, -0.2) is 4.98 Å². The zero-order valence-electron chi connectivity index (χ0n) is 12.7. The van der Waals surface area contributed by atoms with Gasteiger partial charge in [-0.05, 0) is 25.0 Å². The van der Waals surface area contributed by atoms with Gasteiger partial charge in [-0.2, -0.15) is 5.10 Å². The van der Waals surface area contributed by atoms with Crippen LogP contribution in [-0.2, 0) is 13.5 Å². The summed E-state index contributed by atoms with van der Waals surface area (Å²) in [5, 5.41) is 8.16. The highest BCUT2D eigenvalue weighted by Crippen LogP contribution is 2.16. The van der Waals surface area contributed by atoms with Crippen molar-refractivity contribution >= 4 is 16.9 Å². The molecule has 1 N–H and O–H groups in total. The minimum absolute atomic E-state index is 0.103. The normalized spacial score (nSPS) is 10.8. The second kappa shape index (κ2) is 5.97. The van der Waals surface area contributed by atoms with E-state index in [-0.39, 0.29) is 5.91 Å². The first-order chi connectivity index (χ1) is 10.6. The molecule has 0 aliphatic heterocycles. The quantitative estimate of drug-likeness (QED) is 0.803. The molecule has 1 aromatic carbocycles. The van der Waals surface area contributed by atoms with Gasteiger partial charge in [0.15, 0.2) is 5.65 Å². The molecule has 0 aliphatic rings. The van der Waals surface area contributed by atoms with E-state index in [1.165, 1.54) is 5.56 Å². The number of pyridine rings is 1. The standard InChI is InChI=1S/C17H18N4O/c1-12-15-10-14(11-19-16(15)21(2)20-12)17(22)18-9-8-13-6-4-3-5-7-13/h3-7,10-11H,8-9H2,1-2H3,(H,18,22). The summed E-state index contributed by atoms with van der Waals surface area (Å²) in [4.78, 5) is 16.5. The molecule has 3 rings (SSSR count). The molecule has 0 unspecified atom stereocenters. The van der Waals surface area contributed by atoms with Crippen LogP contribution < -0.4 is 5.32 Å². The Morgan fingerprint density at radius 2 is 2.05 bits per heavy atom. The molecule has 2 aromatic heterocycles. The Hall–Kier alpha value is -2.69. The Morgan fingerprint density at radius 3 is 2.82 bits per heavy atom. The van der Waals surface area contributed by atoms with Crippen molar-refractivity contribution in [3.8, 4) is 0 Å². The second-order valence-corrected chi connectivity index (χ2v) is 5.30. The number of nitrogens with zero attached hydrogens (tertiary/aromatic N) is 3. The molecule has 22 heavy (non-hydrogen) atoms. The van der Waals surface area contributed by atoms with Crippen molar-refractivity contribution in [2.45, 2.75) is 13.3 Å². The monoisotopic (exact) mass is 294 g/mol. The Balaban J connectivity index is 1.68. The van der Waals surface area contributed by atoms with E-state index in [1.54, 1.807) is 10.9 Å². The maximum absolute atomic E-state index is 12.2. The highest BCUT2D eigenvalue weighted by atomic mass is 16.1. The summed E-state index contributed by atoms with van der Waals surface area (Å²) in [7, 11) is 1.85. The number of benzene rings is 1. The smallest absolute Gasteiger partial charge is 0.252 e. The molecular formula is C17H18N4O. The molecule has 0 bridgehead atoms. The lowest BCUT2D eigenvalue weighted by molar-refractivity contribution is 0.0954. The first-order valence-electron chi connectivity index (χ1n) is 7.26. The minimum atomic E-state index is -0.103. The number of hydrogen-bond acceptors (Lipinski definition) is 3. The van der Waals surface area contributed by atoms with Crippen LogP contribution in [0.3, 0.4) is 0 Å². The van der Waals surface area contributed by atoms with Crippen LogP contribution in [-0.4, -0.2) is 27.2 Å². The zero-order chi connectivity index (χ0) is 15.5. The molecule has 112 valence electrons. The molecule has 0 spiro atoms. The number of carbonyl (C=O) groups excluding carboxylic acids is 1. The van der Waals surface area contributed by atoms with Gasteiger partial charge in [0, 0.05) is 25.2 Å². The molecular weight excluding hydrogens is 276 g/mol. The average Bonchev–Trinajstić information content (AvgIpc) is 2.82. The van der Waals surface area contributed by atoms with Crippen molar-refractivity contribution in [1.82, 2.24) is 20.1 Å². The molecule has 3 aromatic rings. The lowest BCUT2D eigenvalue weighted by Gasteiger charge is -2.05. The lowest BCUT2D eigenvalue weighted by Crippen LogP contribution is -2.25. The molecule has 1 amide bonds. The van der Waals surface area contributed by atoms with E-state index in [4.69, 9.17) is 0 Å². The molecule has 2 heterocycles.